The van der Waals surface area contributed by atoms with Gasteiger partial charge in [0.1, 0.15) is 22.6 Å². The summed E-state index contributed by atoms with van der Waals surface area (Å²) in [4.78, 5) is 24.5. The highest BCUT2D eigenvalue weighted by Gasteiger charge is 2.14. The first-order valence-electron chi connectivity index (χ1n) is 10.5. The fraction of sp³-hybridized carbons (Fsp3) is 0.292. The fourth-order valence-electron chi connectivity index (χ4n) is 3.41. The van der Waals surface area contributed by atoms with Crippen molar-refractivity contribution in [1.82, 2.24) is 5.43 Å². The maximum Gasteiger partial charge on any atom is 0.275 e. The summed E-state index contributed by atoms with van der Waals surface area (Å²) in [6.07, 6.45) is 5.02. The van der Waals surface area contributed by atoms with Gasteiger partial charge in [0.15, 0.2) is 0 Å². The lowest BCUT2D eigenvalue weighted by atomic mass is 10.0. The summed E-state index contributed by atoms with van der Waals surface area (Å²) < 4.78 is 10.9. The molecule has 3 rings (SSSR count). The summed E-state index contributed by atoms with van der Waals surface area (Å²) in [5.74, 6) is -0.812. The average Bonchev–Trinajstić information content (AvgIpc) is 2.79. The number of nitrogens with two attached hydrogens (primary N) is 1. The lowest BCUT2D eigenvalue weighted by molar-refractivity contribution is 0.0943. The molecule has 3 aromatic rings. The Morgan fingerprint density at radius 1 is 1.12 bits per heavy atom. The van der Waals surface area contributed by atoms with Crippen LogP contribution in [0.2, 0.25) is 0 Å². The molecule has 0 saturated heterocycles. The minimum Gasteiger partial charge on any atom is -0.508 e. The quantitative estimate of drug-likeness (QED) is 0.348. The topological polar surface area (TPSA) is 127 Å². The van der Waals surface area contributed by atoms with Gasteiger partial charge in [-0.25, -0.2) is 5.43 Å². The van der Waals surface area contributed by atoms with Crippen LogP contribution in [0.25, 0.3) is 11.0 Å². The predicted octanol–water partition coefficient (Wildman–Crippen LogP) is 3.61. The number of phenolic OH excluding ortho intramolecular Hbond substituents is 1. The molecular formula is C24H27N3O5. The Kier molecular flexibility index (Phi) is 7.49. The highest BCUT2D eigenvalue weighted by Crippen LogP contribution is 2.26. The van der Waals surface area contributed by atoms with E-state index in [2.05, 4.69) is 17.5 Å². The second-order valence-electron chi connectivity index (χ2n) is 7.41. The number of hydrogen-bond donors (Lipinski definition) is 3. The second kappa shape index (κ2) is 10.5. The van der Waals surface area contributed by atoms with Crippen LogP contribution < -0.4 is 21.5 Å². The van der Waals surface area contributed by atoms with Gasteiger partial charge in [0, 0.05) is 11.5 Å². The van der Waals surface area contributed by atoms with Crippen LogP contribution in [0.3, 0.4) is 0 Å². The van der Waals surface area contributed by atoms with Crippen LogP contribution in [0.15, 0.2) is 52.0 Å². The summed E-state index contributed by atoms with van der Waals surface area (Å²) in [5, 5.41) is 14.9. The van der Waals surface area contributed by atoms with Gasteiger partial charge in [-0.2, -0.15) is 0 Å². The molecule has 0 aliphatic carbocycles. The summed E-state index contributed by atoms with van der Waals surface area (Å²) in [6.45, 7) is 2.14. The van der Waals surface area contributed by atoms with Crippen LogP contribution in [-0.4, -0.2) is 24.0 Å². The van der Waals surface area contributed by atoms with Gasteiger partial charge in [0.2, 0.25) is 5.55 Å². The van der Waals surface area contributed by atoms with E-state index in [1.165, 1.54) is 13.2 Å². The Labute approximate surface area is 185 Å². The van der Waals surface area contributed by atoms with Gasteiger partial charge in [-0.3, -0.25) is 9.59 Å². The maximum absolute atomic E-state index is 12.5. The average molecular weight is 437 g/mol. The van der Waals surface area contributed by atoms with Crippen molar-refractivity contribution in [3.63, 3.8) is 0 Å². The van der Waals surface area contributed by atoms with Gasteiger partial charge in [-0.1, -0.05) is 38.3 Å². The molecule has 0 bridgehead atoms. The molecule has 1 aromatic heterocycles. The fourth-order valence-corrected chi connectivity index (χ4v) is 3.41. The standard InChI is InChI=1S/C24H27N3O5/c1-3-4-5-6-9-15-12-16-13-18(22(25)29)24(32-21(16)14-19(15)28)27-26-23(30)17-10-7-8-11-20(17)31-2/h7-8,10-14,28H,3-6,9H2,1-2H3,(H2,25,29)(H,26,30)/b27-24-. The third-order valence-corrected chi connectivity index (χ3v) is 5.12. The van der Waals surface area contributed by atoms with Gasteiger partial charge < -0.3 is 20.0 Å². The van der Waals surface area contributed by atoms with Crippen LogP contribution in [0.4, 0.5) is 0 Å². The molecule has 0 aliphatic heterocycles. The minimum absolute atomic E-state index is 0.0143. The van der Waals surface area contributed by atoms with E-state index in [0.717, 1.165) is 37.7 Å². The van der Waals surface area contributed by atoms with Crippen molar-refractivity contribution < 1.29 is 23.8 Å². The van der Waals surface area contributed by atoms with Crippen molar-refractivity contribution in [2.45, 2.75) is 39.0 Å². The van der Waals surface area contributed by atoms with E-state index in [1.54, 1.807) is 36.4 Å². The first kappa shape index (κ1) is 22.9. The molecule has 1 heterocycles. The van der Waals surface area contributed by atoms with E-state index < -0.39 is 11.8 Å². The number of aromatic hydroxyl groups is 1. The number of ether oxygens (including phenoxy) is 1. The van der Waals surface area contributed by atoms with E-state index in [9.17, 15) is 14.7 Å². The van der Waals surface area contributed by atoms with Gasteiger partial charge >= 0.3 is 0 Å². The Hall–Kier alpha value is -3.81. The zero-order valence-corrected chi connectivity index (χ0v) is 18.2. The number of aryl methyl sites for hydroxylation is 1. The number of carbonyl (C=O) groups is 2. The molecule has 2 aromatic carbocycles. The number of carbonyl (C=O) groups excluding carboxylic acids is 2. The van der Waals surface area contributed by atoms with Crippen molar-refractivity contribution in [2.75, 3.05) is 7.11 Å². The molecule has 0 unspecified atom stereocenters. The number of nitrogens with zero attached hydrogens (tertiary/aromatic N) is 1. The van der Waals surface area contributed by atoms with Gasteiger partial charge in [0.25, 0.3) is 11.8 Å². The number of rotatable bonds is 9. The molecule has 8 heteroatoms. The molecule has 168 valence electrons. The molecule has 0 atom stereocenters. The zero-order valence-electron chi connectivity index (χ0n) is 18.2. The number of primary amides is 1. The molecule has 32 heavy (non-hydrogen) atoms. The number of phenols is 1. The third-order valence-electron chi connectivity index (χ3n) is 5.12. The summed E-state index contributed by atoms with van der Waals surface area (Å²) in [5.41, 5.74) is 9.07. The van der Waals surface area contributed by atoms with Crippen LogP contribution in [-0.2, 0) is 6.42 Å². The van der Waals surface area contributed by atoms with Crippen molar-refractivity contribution in [1.29, 1.82) is 0 Å². The molecule has 4 N–H and O–H groups in total. The van der Waals surface area contributed by atoms with E-state index in [0.29, 0.717) is 16.7 Å². The smallest absolute Gasteiger partial charge is 0.275 e. The highest BCUT2D eigenvalue weighted by molar-refractivity contribution is 5.97. The largest absolute Gasteiger partial charge is 0.508 e. The van der Waals surface area contributed by atoms with Crippen LogP contribution >= 0.6 is 0 Å². The minimum atomic E-state index is -0.751. The van der Waals surface area contributed by atoms with Gasteiger partial charge in [-0.05, 0) is 42.7 Å². The normalized spacial score (nSPS) is 11.5. The van der Waals surface area contributed by atoms with Crippen molar-refractivity contribution in [3.8, 4) is 11.5 Å². The molecule has 0 radical (unpaired) electrons. The predicted molar refractivity (Wildman–Crippen MR) is 120 cm³/mol. The van der Waals surface area contributed by atoms with Gasteiger partial charge in [-0.15, -0.1) is 5.10 Å². The maximum atomic E-state index is 12.5. The number of para-hydroxylation sites is 1. The first-order chi connectivity index (χ1) is 15.4. The first-order valence-corrected chi connectivity index (χ1v) is 10.5. The Morgan fingerprint density at radius 3 is 2.62 bits per heavy atom. The zero-order chi connectivity index (χ0) is 23.1. The van der Waals surface area contributed by atoms with Crippen LogP contribution in [0.1, 0.15) is 58.9 Å². The SMILES string of the molecule is CCCCCCc1cc2cc(C(N)=O)/c(=N/NC(=O)c3ccccc3OC)oc2cc1O. The van der Waals surface area contributed by atoms with E-state index in [1.807, 2.05) is 0 Å². The molecule has 8 nitrogen and oxygen atoms in total. The van der Waals surface area contributed by atoms with Crippen LogP contribution in [0, 0.1) is 0 Å². The highest BCUT2D eigenvalue weighted by atomic mass is 16.5. The lowest BCUT2D eigenvalue weighted by Gasteiger charge is -2.08. The lowest BCUT2D eigenvalue weighted by Crippen LogP contribution is -2.27. The van der Waals surface area contributed by atoms with Crippen LogP contribution in [0.5, 0.6) is 11.5 Å². The number of benzene rings is 2. The monoisotopic (exact) mass is 437 g/mol. The van der Waals surface area contributed by atoms with Crippen molar-refractivity contribution >= 4 is 22.8 Å². The van der Waals surface area contributed by atoms with Crippen molar-refractivity contribution in [2.24, 2.45) is 10.8 Å². The molecular weight excluding hydrogens is 410 g/mol. The molecule has 0 saturated carbocycles. The Morgan fingerprint density at radius 2 is 1.91 bits per heavy atom. The van der Waals surface area contributed by atoms with E-state index >= 15 is 0 Å². The number of fused-ring (bicyclic) bond motifs is 1. The number of hydrogen-bond acceptors (Lipinski definition) is 6. The van der Waals surface area contributed by atoms with E-state index in [-0.39, 0.29) is 22.4 Å². The second-order valence-corrected chi connectivity index (χ2v) is 7.41. The van der Waals surface area contributed by atoms with Crippen molar-refractivity contribution in [3.05, 3.63) is 64.7 Å². The Balaban J connectivity index is 1.95. The number of methoxy groups -OCH3 is 1. The molecule has 0 fully saturated rings. The molecule has 0 spiro atoms. The third kappa shape index (κ3) is 5.26. The number of unbranched alkanes of at least 4 members (excludes halogenated alkanes) is 3. The number of nitrogens with one attached hydrogen (secondary N) is 1. The summed E-state index contributed by atoms with van der Waals surface area (Å²) in [6, 6.07) is 11.5. The summed E-state index contributed by atoms with van der Waals surface area (Å²) >= 11 is 0. The molecule has 0 aliphatic rings. The Bertz CT molecular complexity index is 1200. The summed E-state index contributed by atoms with van der Waals surface area (Å²) in [7, 11) is 1.46. The number of amides is 2. The molecule has 2 amide bonds. The van der Waals surface area contributed by atoms with E-state index in [4.69, 9.17) is 14.9 Å². The van der Waals surface area contributed by atoms with Gasteiger partial charge in [0.05, 0.1) is 12.7 Å².